The van der Waals surface area contributed by atoms with Crippen molar-refractivity contribution in [3.63, 3.8) is 0 Å². The van der Waals surface area contributed by atoms with Crippen LogP contribution in [-0.4, -0.2) is 25.1 Å². The minimum atomic E-state index is -0.613. The van der Waals surface area contributed by atoms with Gasteiger partial charge in [0.25, 0.3) is 0 Å². The summed E-state index contributed by atoms with van der Waals surface area (Å²) in [6.07, 6.45) is -0.613. The molecule has 2 aromatic rings. The van der Waals surface area contributed by atoms with Crippen LogP contribution in [0.2, 0.25) is 5.02 Å². The van der Waals surface area contributed by atoms with E-state index in [1.54, 1.807) is 32.0 Å². The number of hydrogen-bond donors (Lipinski definition) is 1. The highest BCUT2D eigenvalue weighted by atomic mass is 35.5. The summed E-state index contributed by atoms with van der Waals surface area (Å²) < 4.78 is 10.4. The Morgan fingerprint density at radius 3 is 2.33 bits per heavy atom. The first-order chi connectivity index (χ1) is 10.1. The molecule has 1 N–H and O–H groups in total. The van der Waals surface area contributed by atoms with Gasteiger partial charge in [0.15, 0.2) is 0 Å². The third-order valence-electron chi connectivity index (χ3n) is 2.96. The molecule has 0 aliphatic heterocycles. The second-order valence-electron chi connectivity index (χ2n) is 4.43. The maximum absolute atomic E-state index is 10.3. The van der Waals surface area contributed by atoms with Crippen LogP contribution in [0.5, 0.6) is 11.5 Å². The number of benzene rings is 2. The van der Waals surface area contributed by atoms with E-state index in [9.17, 15) is 5.11 Å². The van der Waals surface area contributed by atoms with Crippen molar-refractivity contribution in [2.75, 3.05) is 20.0 Å². The third kappa shape index (κ3) is 4.56. The summed E-state index contributed by atoms with van der Waals surface area (Å²) in [7, 11) is 3.18. The lowest BCUT2D eigenvalue weighted by Gasteiger charge is -2.14. The normalized spacial score (nSPS) is 12.0. The minimum Gasteiger partial charge on any atom is -0.497 e. The van der Waals surface area contributed by atoms with Crippen molar-refractivity contribution >= 4 is 23.4 Å². The van der Waals surface area contributed by atoms with Crippen LogP contribution in [0.15, 0.2) is 47.4 Å². The predicted molar refractivity (Wildman–Crippen MR) is 86.7 cm³/mol. The average molecular weight is 325 g/mol. The monoisotopic (exact) mass is 324 g/mol. The zero-order valence-corrected chi connectivity index (χ0v) is 13.4. The van der Waals surface area contributed by atoms with Gasteiger partial charge in [-0.1, -0.05) is 17.7 Å². The molecule has 0 bridgehead atoms. The van der Waals surface area contributed by atoms with E-state index in [1.807, 2.05) is 36.4 Å². The van der Waals surface area contributed by atoms with E-state index in [-0.39, 0.29) is 0 Å². The Kier molecular flexibility index (Phi) is 5.79. The van der Waals surface area contributed by atoms with Crippen molar-refractivity contribution in [1.29, 1.82) is 0 Å². The number of aliphatic hydroxyl groups excluding tert-OH is 1. The summed E-state index contributed by atoms with van der Waals surface area (Å²) in [6.45, 7) is 0. The molecule has 0 saturated carbocycles. The molecule has 0 aliphatic carbocycles. The first-order valence-corrected chi connectivity index (χ1v) is 7.78. The highest BCUT2D eigenvalue weighted by Crippen LogP contribution is 2.30. The summed E-state index contributed by atoms with van der Waals surface area (Å²) in [5.41, 5.74) is 0.765. The van der Waals surface area contributed by atoms with Crippen LogP contribution in [-0.2, 0) is 0 Å². The summed E-state index contributed by atoms with van der Waals surface area (Å²) in [5.74, 6) is 1.85. The van der Waals surface area contributed by atoms with E-state index < -0.39 is 6.10 Å². The fraction of sp³-hybridized carbons (Fsp3) is 0.250. The van der Waals surface area contributed by atoms with E-state index in [0.717, 1.165) is 10.5 Å². The fourth-order valence-corrected chi connectivity index (χ4v) is 3.03. The standard InChI is InChI=1S/C16H17ClO3S/c1-19-13-6-11(7-14(9-13)20-2)16(18)10-21-15-5-3-4-12(17)8-15/h3-9,16,18H,10H2,1-2H3. The molecule has 0 aliphatic rings. The molecule has 1 atom stereocenters. The third-order valence-corrected chi connectivity index (χ3v) is 4.27. The molecule has 3 nitrogen and oxygen atoms in total. The van der Waals surface area contributed by atoms with E-state index in [1.165, 1.54) is 0 Å². The van der Waals surface area contributed by atoms with Crippen LogP contribution in [0.4, 0.5) is 0 Å². The van der Waals surface area contributed by atoms with Crippen LogP contribution in [0.1, 0.15) is 11.7 Å². The molecule has 0 saturated heterocycles. The molecule has 21 heavy (non-hydrogen) atoms. The number of halogens is 1. The smallest absolute Gasteiger partial charge is 0.122 e. The summed E-state index contributed by atoms with van der Waals surface area (Å²) in [6, 6.07) is 13.0. The summed E-state index contributed by atoms with van der Waals surface area (Å²) in [5, 5.41) is 11.0. The van der Waals surface area contributed by atoms with Crippen LogP contribution in [0.25, 0.3) is 0 Å². The van der Waals surface area contributed by atoms with E-state index in [2.05, 4.69) is 0 Å². The first-order valence-electron chi connectivity index (χ1n) is 6.42. The van der Waals surface area contributed by atoms with Gasteiger partial charge in [-0.05, 0) is 35.9 Å². The van der Waals surface area contributed by atoms with Crippen molar-refractivity contribution < 1.29 is 14.6 Å². The van der Waals surface area contributed by atoms with Crippen LogP contribution in [0, 0.1) is 0 Å². The highest BCUT2D eigenvalue weighted by Gasteiger charge is 2.12. The number of rotatable bonds is 6. The molecule has 0 heterocycles. The van der Waals surface area contributed by atoms with E-state index in [4.69, 9.17) is 21.1 Å². The van der Waals surface area contributed by atoms with Gasteiger partial charge in [-0.15, -0.1) is 11.8 Å². The van der Waals surface area contributed by atoms with Crippen molar-refractivity contribution in [2.24, 2.45) is 0 Å². The Morgan fingerprint density at radius 1 is 1.10 bits per heavy atom. The van der Waals surface area contributed by atoms with Gasteiger partial charge < -0.3 is 14.6 Å². The molecule has 2 aromatic carbocycles. The van der Waals surface area contributed by atoms with Gasteiger partial charge in [-0.3, -0.25) is 0 Å². The molecular weight excluding hydrogens is 308 g/mol. The van der Waals surface area contributed by atoms with Crippen molar-refractivity contribution in [2.45, 2.75) is 11.0 Å². The second-order valence-corrected chi connectivity index (χ2v) is 5.96. The van der Waals surface area contributed by atoms with Gasteiger partial charge in [0, 0.05) is 21.7 Å². The Balaban J connectivity index is 2.07. The molecule has 0 spiro atoms. The maximum atomic E-state index is 10.3. The number of thioether (sulfide) groups is 1. The van der Waals surface area contributed by atoms with Gasteiger partial charge in [-0.2, -0.15) is 0 Å². The largest absolute Gasteiger partial charge is 0.497 e. The molecule has 0 amide bonds. The van der Waals surface area contributed by atoms with Crippen molar-refractivity contribution in [3.05, 3.63) is 53.1 Å². The lowest BCUT2D eigenvalue weighted by molar-refractivity contribution is 0.203. The molecule has 112 valence electrons. The van der Waals surface area contributed by atoms with Gasteiger partial charge in [-0.25, -0.2) is 0 Å². The molecule has 0 aromatic heterocycles. The molecule has 0 radical (unpaired) electrons. The number of hydrogen-bond acceptors (Lipinski definition) is 4. The SMILES string of the molecule is COc1cc(OC)cc(C(O)CSc2cccc(Cl)c2)c1. The topological polar surface area (TPSA) is 38.7 Å². The zero-order valence-electron chi connectivity index (χ0n) is 11.9. The molecule has 2 rings (SSSR count). The number of ether oxygens (including phenoxy) is 2. The average Bonchev–Trinajstić information content (AvgIpc) is 2.52. The maximum Gasteiger partial charge on any atom is 0.122 e. The number of methoxy groups -OCH3 is 2. The molecule has 0 fully saturated rings. The summed E-state index contributed by atoms with van der Waals surface area (Å²) >= 11 is 7.50. The van der Waals surface area contributed by atoms with Gasteiger partial charge >= 0.3 is 0 Å². The Hall–Kier alpha value is -1.36. The molecule has 1 unspecified atom stereocenters. The van der Waals surface area contributed by atoms with Crippen LogP contribution >= 0.6 is 23.4 Å². The Labute approximate surface area is 133 Å². The second kappa shape index (κ2) is 7.59. The minimum absolute atomic E-state index is 0.524. The van der Waals surface area contributed by atoms with Gasteiger partial charge in [0.1, 0.15) is 11.5 Å². The van der Waals surface area contributed by atoms with Gasteiger partial charge in [0.2, 0.25) is 0 Å². The van der Waals surface area contributed by atoms with Crippen molar-refractivity contribution in [1.82, 2.24) is 0 Å². The first kappa shape index (κ1) is 16.0. The zero-order chi connectivity index (χ0) is 15.2. The van der Waals surface area contributed by atoms with E-state index in [0.29, 0.717) is 22.3 Å². The van der Waals surface area contributed by atoms with Crippen LogP contribution in [0.3, 0.4) is 0 Å². The fourth-order valence-electron chi connectivity index (χ4n) is 1.85. The quantitative estimate of drug-likeness (QED) is 0.809. The van der Waals surface area contributed by atoms with Crippen molar-refractivity contribution in [3.8, 4) is 11.5 Å². The predicted octanol–water partition coefficient (Wildman–Crippen LogP) is 4.18. The molecule has 5 heteroatoms. The Bertz CT molecular complexity index is 582. The van der Waals surface area contributed by atoms with E-state index >= 15 is 0 Å². The lowest BCUT2D eigenvalue weighted by Crippen LogP contribution is -2.02. The Morgan fingerprint density at radius 2 is 1.76 bits per heavy atom. The lowest BCUT2D eigenvalue weighted by atomic mass is 10.1. The summed E-state index contributed by atoms with van der Waals surface area (Å²) in [4.78, 5) is 1.02. The van der Waals surface area contributed by atoms with Gasteiger partial charge in [0.05, 0.1) is 20.3 Å². The number of aliphatic hydroxyl groups is 1. The molecular formula is C16H17ClO3S. The highest BCUT2D eigenvalue weighted by molar-refractivity contribution is 7.99. The van der Waals surface area contributed by atoms with Crippen LogP contribution < -0.4 is 9.47 Å².